The zero-order valence-corrected chi connectivity index (χ0v) is 17.1. The molecule has 1 aromatic heterocycles. The van der Waals surface area contributed by atoms with Crippen molar-refractivity contribution in [1.82, 2.24) is 10.3 Å². The second-order valence-electron chi connectivity index (χ2n) is 7.38. The van der Waals surface area contributed by atoms with Gasteiger partial charge < -0.3 is 20.1 Å². The van der Waals surface area contributed by atoms with Gasteiger partial charge in [-0.2, -0.15) is 5.26 Å². The predicted molar refractivity (Wildman–Crippen MR) is 117 cm³/mol. The van der Waals surface area contributed by atoms with Crippen molar-refractivity contribution in [3.63, 3.8) is 0 Å². The van der Waals surface area contributed by atoms with Crippen LogP contribution in [0.15, 0.2) is 60.9 Å². The Morgan fingerprint density at radius 1 is 1.13 bits per heavy atom. The molecule has 0 bridgehead atoms. The number of benzene rings is 2. The summed E-state index contributed by atoms with van der Waals surface area (Å²) in [5.74, 6) is 2.03. The van der Waals surface area contributed by atoms with Crippen molar-refractivity contribution in [3.05, 3.63) is 66.5 Å². The minimum absolute atomic E-state index is 0.0695. The lowest BCUT2D eigenvalue weighted by Gasteiger charge is -2.17. The van der Waals surface area contributed by atoms with E-state index in [4.69, 9.17) is 9.47 Å². The molecule has 0 unspecified atom stereocenters. The molecule has 1 fully saturated rings. The van der Waals surface area contributed by atoms with Crippen LogP contribution < -0.4 is 20.1 Å². The van der Waals surface area contributed by atoms with Crippen LogP contribution in [0.3, 0.4) is 0 Å². The van der Waals surface area contributed by atoms with E-state index in [0.717, 1.165) is 22.6 Å². The van der Waals surface area contributed by atoms with Gasteiger partial charge in [0.25, 0.3) is 0 Å². The van der Waals surface area contributed by atoms with Crippen LogP contribution in [0.5, 0.6) is 17.2 Å². The minimum atomic E-state index is -0.802. The van der Waals surface area contributed by atoms with Gasteiger partial charge in [0.2, 0.25) is 0 Å². The van der Waals surface area contributed by atoms with Crippen molar-refractivity contribution in [3.8, 4) is 34.4 Å². The van der Waals surface area contributed by atoms with Crippen LogP contribution in [0.25, 0.3) is 11.1 Å². The maximum atomic E-state index is 13.5. The number of pyridine rings is 1. The first-order valence-corrected chi connectivity index (χ1v) is 10.1. The van der Waals surface area contributed by atoms with Crippen molar-refractivity contribution in [2.45, 2.75) is 18.6 Å². The molecular formula is C24H23FN4O2. The number of aromatic nitrogens is 1. The molecular weight excluding hydrogens is 395 g/mol. The van der Waals surface area contributed by atoms with Gasteiger partial charge in [-0.05, 0) is 54.4 Å². The van der Waals surface area contributed by atoms with E-state index < -0.39 is 6.17 Å². The molecule has 2 atom stereocenters. The lowest BCUT2D eigenvalue weighted by molar-refractivity contribution is 0.356. The average molecular weight is 418 g/mol. The third-order valence-electron chi connectivity index (χ3n) is 5.18. The SMILES string of the molecule is COc1ccc(Oc2cc(-c3cncc(C#N)c3)ccc2NC[C@@H]2C[C@@H](F)CN2)cc1. The van der Waals surface area contributed by atoms with Crippen molar-refractivity contribution < 1.29 is 13.9 Å². The van der Waals surface area contributed by atoms with Crippen LogP contribution in [0, 0.1) is 11.3 Å². The molecule has 3 aromatic rings. The average Bonchev–Trinajstić information content (AvgIpc) is 3.23. The van der Waals surface area contributed by atoms with Crippen molar-refractivity contribution in [2.75, 3.05) is 25.5 Å². The van der Waals surface area contributed by atoms with Gasteiger partial charge in [-0.15, -0.1) is 0 Å². The molecule has 0 amide bonds. The van der Waals surface area contributed by atoms with Gasteiger partial charge in [-0.3, -0.25) is 4.98 Å². The minimum Gasteiger partial charge on any atom is -0.497 e. The Bertz CT molecular complexity index is 1080. The van der Waals surface area contributed by atoms with E-state index in [1.807, 2.05) is 42.5 Å². The molecule has 0 spiro atoms. The molecule has 4 rings (SSSR count). The largest absolute Gasteiger partial charge is 0.497 e. The maximum Gasteiger partial charge on any atom is 0.151 e. The Kier molecular flexibility index (Phi) is 6.29. The monoisotopic (exact) mass is 418 g/mol. The highest BCUT2D eigenvalue weighted by Gasteiger charge is 2.23. The van der Waals surface area contributed by atoms with Crippen LogP contribution in [-0.2, 0) is 0 Å². The highest BCUT2D eigenvalue weighted by Crippen LogP contribution is 2.35. The summed E-state index contributed by atoms with van der Waals surface area (Å²) in [6.07, 6.45) is 2.93. The van der Waals surface area contributed by atoms with Crippen LogP contribution in [-0.4, -0.2) is 37.4 Å². The first-order chi connectivity index (χ1) is 15.1. The summed E-state index contributed by atoms with van der Waals surface area (Å²) >= 11 is 0. The number of ether oxygens (including phenoxy) is 2. The summed E-state index contributed by atoms with van der Waals surface area (Å²) in [5, 5.41) is 15.7. The molecule has 0 radical (unpaired) electrons. The first kappa shape index (κ1) is 20.6. The maximum absolute atomic E-state index is 13.5. The van der Waals surface area contributed by atoms with E-state index in [0.29, 0.717) is 36.6 Å². The number of rotatable bonds is 7. The van der Waals surface area contributed by atoms with Gasteiger partial charge in [-0.1, -0.05) is 6.07 Å². The zero-order chi connectivity index (χ0) is 21.6. The summed E-state index contributed by atoms with van der Waals surface area (Å²) < 4.78 is 24.8. The topological polar surface area (TPSA) is 79.2 Å². The van der Waals surface area contributed by atoms with E-state index >= 15 is 0 Å². The van der Waals surface area contributed by atoms with Crippen molar-refractivity contribution in [2.24, 2.45) is 0 Å². The summed E-state index contributed by atoms with van der Waals surface area (Å²) in [6.45, 7) is 0.979. The smallest absolute Gasteiger partial charge is 0.151 e. The van der Waals surface area contributed by atoms with E-state index in [2.05, 4.69) is 21.7 Å². The first-order valence-electron chi connectivity index (χ1n) is 10.1. The Labute approximate surface area is 180 Å². The van der Waals surface area contributed by atoms with E-state index in [1.165, 1.54) is 6.20 Å². The van der Waals surface area contributed by atoms with Gasteiger partial charge in [0.1, 0.15) is 23.7 Å². The number of alkyl halides is 1. The number of anilines is 1. The third kappa shape index (κ3) is 5.11. The molecule has 158 valence electrons. The number of nitrogens with zero attached hydrogens (tertiary/aromatic N) is 2. The molecule has 1 saturated heterocycles. The number of nitrogens with one attached hydrogen (secondary N) is 2. The Balaban J connectivity index is 1.61. The van der Waals surface area contributed by atoms with Gasteiger partial charge in [-0.25, -0.2) is 4.39 Å². The zero-order valence-electron chi connectivity index (χ0n) is 17.1. The normalized spacial score (nSPS) is 17.7. The molecule has 2 heterocycles. The van der Waals surface area contributed by atoms with Crippen molar-refractivity contribution >= 4 is 5.69 Å². The number of nitriles is 1. The van der Waals surface area contributed by atoms with Gasteiger partial charge in [0.05, 0.1) is 18.4 Å². The lowest BCUT2D eigenvalue weighted by atomic mass is 10.0. The fourth-order valence-corrected chi connectivity index (χ4v) is 3.52. The predicted octanol–water partition coefficient (Wildman–Crippen LogP) is 4.53. The standard InChI is InChI=1S/C24H23FN4O2/c1-30-21-3-5-22(6-4-21)31-24-9-17(18-8-16(11-26)12-27-13-18)2-7-23(24)29-15-20-10-19(25)14-28-20/h2-9,12-13,19-20,28-29H,10,14-15H2,1H3/t19-,20+/m1/s1. The molecule has 6 nitrogen and oxygen atoms in total. The van der Waals surface area contributed by atoms with Gasteiger partial charge in [0, 0.05) is 37.1 Å². The quantitative estimate of drug-likeness (QED) is 0.587. The molecule has 0 aliphatic carbocycles. The molecule has 1 aliphatic heterocycles. The lowest BCUT2D eigenvalue weighted by Crippen LogP contribution is -2.29. The molecule has 7 heteroatoms. The Morgan fingerprint density at radius 3 is 2.65 bits per heavy atom. The van der Waals surface area contributed by atoms with Gasteiger partial charge >= 0.3 is 0 Å². The highest BCUT2D eigenvalue weighted by atomic mass is 19.1. The number of hydrogen-bond acceptors (Lipinski definition) is 6. The fraction of sp³-hybridized carbons (Fsp3) is 0.250. The second kappa shape index (κ2) is 9.45. The van der Waals surface area contributed by atoms with Crippen LogP contribution >= 0.6 is 0 Å². The molecule has 31 heavy (non-hydrogen) atoms. The molecule has 0 saturated carbocycles. The van der Waals surface area contributed by atoms with Crippen molar-refractivity contribution in [1.29, 1.82) is 5.26 Å². The molecule has 1 aliphatic rings. The summed E-state index contributed by atoms with van der Waals surface area (Å²) in [7, 11) is 1.61. The van der Waals surface area contributed by atoms with Crippen LogP contribution in [0.2, 0.25) is 0 Å². The highest BCUT2D eigenvalue weighted by molar-refractivity contribution is 5.71. The summed E-state index contributed by atoms with van der Waals surface area (Å²) in [5.41, 5.74) is 2.99. The second-order valence-corrected chi connectivity index (χ2v) is 7.38. The Hall–Kier alpha value is -3.63. The summed E-state index contributed by atoms with van der Waals surface area (Å²) in [4.78, 5) is 4.15. The van der Waals surface area contributed by atoms with Crippen LogP contribution in [0.4, 0.5) is 10.1 Å². The van der Waals surface area contributed by atoms with E-state index in [-0.39, 0.29) is 6.04 Å². The Morgan fingerprint density at radius 2 is 1.94 bits per heavy atom. The number of methoxy groups -OCH3 is 1. The number of halogens is 1. The van der Waals surface area contributed by atoms with E-state index in [1.54, 1.807) is 19.4 Å². The van der Waals surface area contributed by atoms with E-state index in [9.17, 15) is 9.65 Å². The molecule has 2 aromatic carbocycles. The third-order valence-corrected chi connectivity index (χ3v) is 5.18. The van der Waals surface area contributed by atoms with Gasteiger partial charge in [0.15, 0.2) is 5.75 Å². The molecule has 2 N–H and O–H groups in total. The fourth-order valence-electron chi connectivity index (χ4n) is 3.52. The van der Waals surface area contributed by atoms with Crippen LogP contribution in [0.1, 0.15) is 12.0 Å². The number of hydrogen-bond donors (Lipinski definition) is 2. The summed E-state index contributed by atoms with van der Waals surface area (Å²) in [6, 6.07) is 17.1.